The Labute approximate surface area is 121 Å². The highest BCUT2D eigenvalue weighted by Crippen LogP contribution is 2.36. The van der Waals surface area contributed by atoms with Crippen molar-refractivity contribution < 1.29 is 4.74 Å². The van der Waals surface area contributed by atoms with E-state index in [0.717, 1.165) is 31.4 Å². The van der Waals surface area contributed by atoms with Crippen molar-refractivity contribution in [3.63, 3.8) is 0 Å². The third-order valence-corrected chi connectivity index (χ3v) is 4.67. The standard InChI is InChI=1S/C16H25N3O/c1-16(2)11-18-14(12-6-7-12)10-19(16)9-13-5-4-8-17-15(13)20-3/h4-5,8,12,14,18H,6-7,9-11H2,1-3H3. The number of hydrogen-bond acceptors (Lipinski definition) is 4. The topological polar surface area (TPSA) is 37.4 Å². The molecule has 3 rings (SSSR count). The maximum absolute atomic E-state index is 5.39. The van der Waals surface area contributed by atoms with Gasteiger partial charge in [-0.1, -0.05) is 6.07 Å². The number of nitrogens with zero attached hydrogens (tertiary/aromatic N) is 2. The van der Waals surface area contributed by atoms with Crippen LogP contribution < -0.4 is 10.1 Å². The first kappa shape index (κ1) is 13.8. The molecule has 0 aromatic carbocycles. The third kappa shape index (κ3) is 2.81. The average Bonchev–Trinajstić information content (AvgIpc) is 3.26. The second-order valence-electron chi connectivity index (χ2n) is 6.69. The molecule has 2 aliphatic rings. The molecule has 1 aliphatic heterocycles. The second kappa shape index (κ2) is 5.34. The average molecular weight is 275 g/mol. The van der Waals surface area contributed by atoms with Gasteiger partial charge in [0.1, 0.15) is 0 Å². The van der Waals surface area contributed by atoms with E-state index in [4.69, 9.17) is 4.74 Å². The highest BCUT2D eigenvalue weighted by atomic mass is 16.5. The van der Waals surface area contributed by atoms with Crippen LogP contribution in [0.1, 0.15) is 32.3 Å². The van der Waals surface area contributed by atoms with Gasteiger partial charge in [-0.15, -0.1) is 0 Å². The molecule has 1 aromatic rings. The highest BCUT2D eigenvalue weighted by molar-refractivity contribution is 5.25. The largest absolute Gasteiger partial charge is 0.481 e. The van der Waals surface area contributed by atoms with Gasteiger partial charge in [-0.3, -0.25) is 4.90 Å². The molecular weight excluding hydrogens is 250 g/mol. The molecule has 4 nitrogen and oxygen atoms in total. The predicted molar refractivity (Wildman–Crippen MR) is 79.8 cm³/mol. The number of ether oxygens (including phenoxy) is 1. The molecule has 1 saturated heterocycles. The Morgan fingerprint density at radius 1 is 1.45 bits per heavy atom. The molecule has 2 heterocycles. The van der Waals surface area contributed by atoms with E-state index in [1.165, 1.54) is 18.4 Å². The zero-order valence-corrected chi connectivity index (χ0v) is 12.7. The lowest BCUT2D eigenvalue weighted by Crippen LogP contribution is -2.62. The van der Waals surface area contributed by atoms with Gasteiger partial charge in [-0.2, -0.15) is 0 Å². The van der Waals surface area contributed by atoms with Gasteiger partial charge in [0.15, 0.2) is 0 Å². The van der Waals surface area contributed by atoms with Crippen molar-refractivity contribution in [3.05, 3.63) is 23.9 Å². The summed E-state index contributed by atoms with van der Waals surface area (Å²) in [6, 6.07) is 4.77. The van der Waals surface area contributed by atoms with Crippen molar-refractivity contribution in [2.45, 2.75) is 44.8 Å². The van der Waals surface area contributed by atoms with E-state index in [-0.39, 0.29) is 5.54 Å². The molecule has 0 amide bonds. The van der Waals surface area contributed by atoms with Crippen LogP contribution in [0.2, 0.25) is 0 Å². The minimum absolute atomic E-state index is 0.173. The molecule has 1 aromatic heterocycles. The molecule has 4 heteroatoms. The van der Waals surface area contributed by atoms with E-state index in [9.17, 15) is 0 Å². The van der Waals surface area contributed by atoms with E-state index in [0.29, 0.717) is 6.04 Å². The number of aromatic nitrogens is 1. The third-order valence-electron chi connectivity index (χ3n) is 4.67. The summed E-state index contributed by atoms with van der Waals surface area (Å²) in [6.45, 7) is 7.71. The molecule has 1 saturated carbocycles. The molecule has 20 heavy (non-hydrogen) atoms. The quantitative estimate of drug-likeness (QED) is 0.912. The van der Waals surface area contributed by atoms with Crippen LogP contribution in [0.4, 0.5) is 0 Å². The highest BCUT2D eigenvalue weighted by Gasteiger charge is 2.40. The van der Waals surface area contributed by atoms with Crippen LogP contribution >= 0.6 is 0 Å². The molecule has 0 radical (unpaired) electrons. The number of rotatable bonds is 4. The molecule has 110 valence electrons. The summed E-state index contributed by atoms with van der Waals surface area (Å²) in [4.78, 5) is 6.89. The Kier molecular flexibility index (Phi) is 3.69. The minimum atomic E-state index is 0.173. The lowest BCUT2D eigenvalue weighted by molar-refractivity contribution is 0.0525. The molecule has 1 atom stereocenters. The van der Waals surface area contributed by atoms with Crippen molar-refractivity contribution in [1.29, 1.82) is 0 Å². The van der Waals surface area contributed by atoms with Gasteiger partial charge in [-0.25, -0.2) is 4.98 Å². The molecule has 0 bridgehead atoms. The Morgan fingerprint density at radius 2 is 2.25 bits per heavy atom. The van der Waals surface area contributed by atoms with Gasteiger partial charge in [0.25, 0.3) is 0 Å². The Bertz CT molecular complexity index is 471. The fourth-order valence-corrected chi connectivity index (χ4v) is 3.07. The van der Waals surface area contributed by atoms with E-state index >= 15 is 0 Å². The van der Waals surface area contributed by atoms with Crippen LogP contribution in [0.25, 0.3) is 0 Å². The van der Waals surface area contributed by atoms with Crippen LogP contribution in [-0.4, -0.2) is 41.7 Å². The first-order valence-electron chi connectivity index (χ1n) is 7.56. The summed E-state index contributed by atoms with van der Waals surface area (Å²) in [7, 11) is 1.70. The summed E-state index contributed by atoms with van der Waals surface area (Å²) < 4.78 is 5.39. The molecular formula is C16H25N3O. The van der Waals surface area contributed by atoms with E-state index in [1.807, 2.05) is 6.07 Å². The number of nitrogens with one attached hydrogen (secondary N) is 1. The summed E-state index contributed by atoms with van der Waals surface area (Å²) in [5, 5.41) is 3.73. The first-order chi connectivity index (χ1) is 9.60. The molecule has 1 unspecified atom stereocenters. The Balaban J connectivity index is 1.75. The minimum Gasteiger partial charge on any atom is -0.481 e. The van der Waals surface area contributed by atoms with Crippen LogP contribution in [0, 0.1) is 5.92 Å². The molecule has 1 aliphatic carbocycles. The van der Waals surface area contributed by atoms with E-state index in [1.54, 1.807) is 13.3 Å². The number of pyridine rings is 1. The maximum Gasteiger partial charge on any atom is 0.217 e. The van der Waals surface area contributed by atoms with Gasteiger partial charge in [-0.05, 0) is 38.7 Å². The monoisotopic (exact) mass is 275 g/mol. The number of methoxy groups -OCH3 is 1. The van der Waals surface area contributed by atoms with Crippen LogP contribution in [0.5, 0.6) is 5.88 Å². The van der Waals surface area contributed by atoms with Crippen molar-refractivity contribution in [1.82, 2.24) is 15.2 Å². The van der Waals surface area contributed by atoms with E-state index < -0.39 is 0 Å². The first-order valence-corrected chi connectivity index (χ1v) is 7.56. The summed E-state index contributed by atoms with van der Waals surface area (Å²) in [5.41, 5.74) is 1.35. The van der Waals surface area contributed by atoms with Gasteiger partial charge < -0.3 is 10.1 Å². The lowest BCUT2D eigenvalue weighted by atomic mass is 9.95. The smallest absolute Gasteiger partial charge is 0.217 e. The Hall–Kier alpha value is -1.13. The lowest BCUT2D eigenvalue weighted by Gasteiger charge is -2.46. The zero-order chi connectivity index (χ0) is 14.2. The van der Waals surface area contributed by atoms with Crippen molar-refractivity contribution >= 4 is 0 Å². The summed E-state index contributed by atoms with van der Waals surface area (Å²) >= 11 is 0. The van der Waals surface area contributed by atoms with Gasteiger partial charge in [0, 0.05) is 43.0 Å². The fourth-order valence-electron chi connectivity index (χ4n) is 3.07. The van der Waals surface area contributed by atoms with Crippen molar-refractivity contribution in [3.8, 4) is 5.88 Å². The Morgan fingerprint density at radius 3 is 2.95 bits per heavy atom. The second-order valence-corrected chi connectivity index (χ2v) is 6.69. The van der Waals surface area contributed by atoms with Crippen molar-refractivity contribution in [2.24, 2.45) is 5.92 Å². The molecule has 2 fully saturated rings. The molecule has 0 spiro atoms. The van der Waals surface area contributed by atoms with Crippen molar-refractivity contribution in [2.75, 3.05) is 20.2 Å². The normalized spacial score (nSPS) is 26.4. The van der Waals surface area contributed by atoms with Crippen LogP contribution in [0.15, 0.2) is 18.3 Å². The maximum atomic E-state index is 5.39. The SMILES string of the molecule is COc1ncccc1CN1CC(C2CC2)NCC1(C)C. The summed E-state index contributed by atoms with van der Waals surface area (Å²) in [6.07, 6.45) is 4.57. The van der Waals surface area contributed by atoms with Crippen LogP contribution in [-0.2, 0) is 6.54 Å². The molecule has 1 N–H and O–H groups in total. The fraction of sp³-hybridized carbons (Fsp3) is 0.688. The predicted octanol–water partition coefficient (Wildman–Crippen LogP) is 2.05. The van der Waals surface area contributed by atoms with Gasteiger partial charge in [0.05, 0.1) is 7.11 Å². The van der Waals surface area contributed by atoms with Crippen LogP contribution in [0.3, 0.4) is 0 Å². The van der Waals surface area contributed by atoms with E-state index in [2.05, 4.69) is 35.1 Å². The number of piperazine rings is 1. The summed E-state index contributed by atoms with van der Waals surface area (Å²) in [5.74, 6) is 1.65. The number of hydrogen-bond donors (Lipinski definition) is 1. The van der Waals surface area contributed by atoms with Gasteiger partial charge in [0.2, 0.25) is 5.88 Å². The zero-order valence-electron chi connectivity index (χ0n) is 12.7. The van der Waals surface area contributed by atoms with Gasteiger partial charge >= 0.3 is 0 Å².